The van der Waals surface area contributed by atoms with E-state index in [1.54, 1.807) is 25.4 Å². The Labute approximate surface area is 174 Å². The zero-order valence-electron chi connectivity index (χ0n) is 16.7. The summed E-state index contributed by atoms with van der Waals surface area (Å²) < 4.78 is 10.6. The predicted molar refractivity (Wildman–Crippen MR) is 114 cm³/mol. The lowest BCUT2D eigenvalue weighted by atomic mass is 10.1. The van der Waals surface area contributed by atoms with Gasteiger partial charge in [0.05, 0.1) is 12.3 Å². The molecule has 0 radical (unpaired) electrons. The van der Waals surface area contributed by atoms with Crippen molar-refractivity contribution in [2.75, 3.05) is 32.2 Å². The molecular formula is C22H24N4O4. The van der Waals surface area contributed by atoms with E-state index in [0.29, 0.717) is 43.6 Å². The van der Waals surface area contributed by atoms with E-state index in [1.165, 1.54) is 0 Å². The molecule has 2 aromatic heterocycles. The van der Waals surface area contributed by atoms with E-state index >= 15 is 0 Å². The van der Waals surface area contributed by atoms with Gasteiger partial charge in [-0.25, -0.2) is 14.8 Å². The van der Waals surface area contributed by atoms with Crippen LogP contribution in [0.15, 0.2) is 60.8 Å². The fourth-order valence-corrected chi connectivity index (χ4v) is 2.81. The van der Waals surface area contributed by atoms with Crippen LogP contribution in [-0.2, 0) is 11.2 Å². The van der Waals surface area contributed by atoms with Crippen LogP contribution in [0.4, 0.5) is 16.4 Å². The van der Waals surface area contributed by atoms with Crippen molar-refractivity contribution in [3.05, 3.63) is 66.4 Å². The van der Waals surface area contributed by atoms with Gasteiger partial charge >= 0.3 is 6.09 Å². The topological polar surface area (TPSA) is 106 Å². The van der Waals surface area contributed by atoms with Crippen LogP contribution in [-0.4, -0.2) is 48.0 Å². The first-order valence-corrected chi connectivity index (χ1v) is 9.52. The van der Waals surface area contributed by atoms with Gasteiger partial charge in [-0.3, -0.25) is 0 Å². The minimum absolute atomic E-state index is 0.363. The van der Waals surface area contributed by atoms with E-state index in [2.05, 4.69) is 20.6 Å². The lowest BCUT2D eigenvalue weighted by Gasteiger charge is -2.10. The smallest absolute Gasteiger partial charge is 0.404 e. The molecule has 0 aliphatic rings. The molecule has 0 spiro atoms. The Kier molecular flexibility index (Phi) is 7.57. The Morgan fingerprint density at radius 3 is 2.77 bits per heavy atom. The van der Waals surface area contributed by atoms with Gasteiger partial charge in [-0.2, -0.15) is 0 Å². The van der Waals surface area contributed by atoms with Crippen molar-refractivity contribution >= 4 is 17.7 Å². The van der Waals surface area contributed by atoms with Crippen molar-refractivity contribution in [2.45, 2.75) is 6.42 Å². The largest absolute Gasteiger partial charge is 0.491 e. The fourth-order valence-electron chi connectivity index (χ4n) is 2.81. The molecule has 0 aliphatic carbocycles. The third-order valence-corrected chi connectivity index (χ3v) is 4.21. The van der Waals surface area contributed by atoms with Gasteiger partial charge in [-0.05, 0) is 36.2 Å². The van der Waals surface area contributed by atoms with Crippen molar-refractivity contribution in [3.8, 4) is 17.0 Å². The number of nitrogens with zero attached hydrogens (tertiary/aromatic N) is 2. The average molecular weight is 408 g/mol. The Hall–Kier alpha value is -3.65. The number of benzene rings is 1. The summed E-state index contributed by atoms with van der Waals surface area (Å²) >= 11 is 0. The number of nitrogens with one attached hydrogen (secondary N) is 2. The molecule has 156 valence electrons. The number of carbonyl (C=O) groups is 1. The number of aromatic nitrogens is 2. The summed E-state index contributed by atoms with van der Waals surface area (Å²) in [4.78, 5) is 19.6. The number of amides is 1. The Balaban J connectivity index is 1.69. The maximum Gasteiger partial charge on any atom is 0.404 e. The summed E-state index contributed by atoms with van der Waals surface area (Å²) in [5.74, 6) is 1.98. The molecule has 0 fully saturated rings. The number of carboxylic acid groups (broad SMARTS) is 1. The van der Waals surface area contributed by atoms with Gasteiger partial charge in [0.15, 0.2) is 0 Å². The van der Waals surface area contributed by atoms with Crippen LogP contribution in [0, 0.1) is 0 Å². The van der Waals surface area contributed by atoms with Crippen LogP contribution in [0.1, 0.15) is 5.56 Å². The lowest BCUT2D eigenvalue weighted by molar-refractivity contribution is 0.146. The van der Waals surface area contributed by atoms with E-state index in [9.17, 15) is 4.79 Å². The van der Waals surface area contributed by atoms with Crippen molar-refractivity contribution in [3.63, 3.8) is 0 Å². The number of methoxy groups -OCH3 is 1. The van der Waals surface area contributed by atoms with E-state index in [0.717, 1.165) is 16.8 Å². The van der Waals surface area contributed by atoms with Gasteiger partial charge in [0.25, 0.3) is 0 Å². The van der Waals surface area contributed by atoms with Crippen LogP contribution < -0.4 is 15.4 Å². The molecule has 1 aromatic carbocycles. The van der Waals surface area contributed by atoms with Crippen LogP contribution >= 0.6 is 0 Å². The third-order valence-electron chi connectivity index (χ3n) is 4.21. The highest BCUT2D eigenvalue weighted by molar-refractivity contribution is 5.65. The van der Waals surface area contributed by atoms with Gasteiger partial charge < -0.3 is 25.2 Å². The number of hydrogen-bond donors (Lipinski definition) is 3. The minimum Gasteiger partial charge on any atom is -0.491 e. The van der Waals surface area contributed by atoms with E-state index in [1.807, 2.05) is 42.5 Å². The van der Waals surface area contributed by atoms with Crippen molar-refractivity contribution < 1.29 is 19.4 Å². The van der Waals surface area contributed by atoms with Crippen LogP contribution in [0.2, 0.25) is 0 Å². The van der Waals surface area contributed by atoms with Crippen molar-refractivity contribution in [1.82, 2.24) is 15.3 Å². The van der Waals surface area contributed by atoms with Gasteiger partial charge in [-0.1, -0.05) is 24.3 Å². The molecule has 0 saturated carbocycles. The number of ether oxygens (including phenoxy) is 2. The standard InChI is InChI=1S/C22H24N4O4/c1-29-12-13-30-18-9-11-23-21(15-18)26-20-7-3-6-19(25-20)17-5-2-4-16(14-17)8-10-24-22(27)28/h2-7,9,11,14-15,24H,8,10,12-13H2,1H3,(H,27,28)(H,23,25,26). The molecule has 2 heterocycles. The van der Waals surface area contributed by atoms with Gasteiger partial charge in [0.1, 0.15) is 24.0 Å². The molecule has 3 rings (SSSR count). The van der Waals surface area contributed by atoms with Crippen molar-refractivity contribution in [1.29, 1.82) is 0 Å². The molecule has 8 nitrogen and oxygen atoms in total. The minimum atomic E-state index is -1.02. The number of hydrogen-bond acceptors (Lipinski definition) is 6. The van der Waals surface area contributed by atoms with E-state index < -0.39 is 6.09 Å². The zero-order chi connectivity index (χ0) is 21.2. The highest BCUT2D eigenvalue weighted by Gasteiger charge is 2.05. The highest BCUT2D eigenvalue weighted by atomic mass is 16.5. The molecule has 0 unspecified atom stereocenters. The Morgan fingerprint density at radius 1 is 1.07 bits per heavy atom. The number of pyridine rings is 2. The molecule has 3 N–H and O–H groups in total. The van der Waals surface area contributed by atoms with Crippen LogP contribution in [0.3, 0.4) is 0 Å². The summed E-state index contributed by atoms with van der Waals surface area (Å²) in [5.41, 5.74) is 2.79. The molecule has 1 amide bonds. The maximum absolute atomic E-state index is 10.6. The summed E-state index contributed by atoms with van der Waals surface area (Å²) in [6, 6.07) is 17.2. The molecule has 0 bridgehead atoms. The van der Waals surface area contributed by atoms with Crippen LogP contribution in [0.25, 0.3) is 11.3 Å². The highest BCUT2D eigenvalue weighted by Crippen LogP contribution is 2.23. The summed E-state index contributed by atoms with van der Waals surface area (Å²) in [5, 5.41) is 14.3. The summed E-state index contributed by atoms with van der Waals surface area (Å²) in [6.07, 6.45) is 1.26. The molecule has 0 atom stereocenters. The van der Waals surface area contributed by atoms with E-state index in [4.69, 9.17) is 14.6 Å². The average Bonchev–Trinajstić information content (AvgIpc) is 2.74. The van der Waals surface area contributed by atoms with Gasteiger partial charge in [0.2, 0.25) is 0 Å². The monoisotopic (exact) mass is 408 g/mol. The zero-order valence-corrected chi connectivity index (χ0v) is 16.7. The quantitative estimate of drug-likeness (QED) is 0.439. The van der Waals surface area contributed by atoms with Crippen molar-refractivity contribution in [2.24, 2.45) is 0 Å². The molecular weight excluding hydrogens is 384 g/mol. The second-order valence-electron chi connectivity index (χ2n) is 6.43. The normalized spacial score (nSPS) is 10.4. The molecule has 8 heteroatoms. The van der Waals surface area contributed by atoms with Crippen LogP contribution in [0.5, 0.6) is 5.75 Å². The maximum atomic E-state index is 10.6. The van der Waals surface area contributed by atoms with E-state index in [-0.39, 0.29) is 0 Å². The molecule has 3 aromatic rings. The fraction of sp³-hybridized carbons (Fsp3) is 0.227. The third kappa shape index (κ3) is 6.46. The second kappa shape index (κ2) is 10.8. The number of anilines is 2. The lowest BCUT2D eigenvalue weighted by Crippen LogP contribution is -2.23. The number of rotatable bonds is 10. The SMILES string of the molecule is COCCOc1ccnc(Nc2cccc(-c3cccc(CCNC(=O)O)c3)n2)c1. The van der Waals surface area contributed by atoms with Gasteiger partial charge in [0, 0.05) is 31.5 Å². The first-order chi connectivity index (χ1) is 14.6. The molecule has 0 aliphatic heterocycles. The Morgan fingerprint density at radius 2 is 1.93 bits per heavy atom. The predicted octanol–water partition coefficient (Wildman–Crippen LogP) is 3.72. The van der Waals surface area contributed by atoms with Gasteiger partial charge in [-0.15, -0.1) is 0 Å². The summed E-state index contributed by atoms with van der Waals surface area (Å²) in [7, 11) is 1.63. The molecule has 0 saturated heterocycles. The first kappa shape index (κ1) is 21.1. The summed E-state index contributed by atoms with van der Waals surface area (Å²) in [6.45, 7) is 1.34. The Bertz CT molecular complexity index is 981. The molecule has 30 heavy (non-hydrogen) atoms. The first-order valence-electron chi connectivity index (χ1n) is 9.52. The second-order valence-corrected chi connectivity index (χ2v) is 6.43.